The number of hydrogen-bond acceptors (Lipinski definition) is 4. The smallest absolute Gasteiger partial charge is 0.395 e. The standard InChI is InChI=1S/C21H21F3N2O3/c1-11-3-5-14(22)8-16(11)20(27)26-19-6-4-13(10-25-19)15-9-18-17(7-12(15)2)28-21(23,24)29-18/h4,6-7,9-11,14,16H,3,5,8H2,1-2H3,(H,25,26,27). The quantitative estimate of drug-likeness (QED) is 0.771. The average molecular weight is 406 g/mol. The van der Waals surface area contributed by atoms with E-state index in [0.717, 1.165) is 0 Å². The zero-order valence-electron chi connectivity index (χ0n) is 16.0. The minimum Gasteiger partial charge on any atom is -0.395 e. The molecule has 1 amide bonds. The lowest BCUT2D eigenvalue weighted by Gasteiger charge is -2.29. The Labute approximate surface area is 166 Å². The molecule has 8 heteroatoms. The van der Waals surface area contributed by atoms with Crippen molar-refractivity contribution >= 4 is 11.7 Å². The molecule has 1 aromatic heterocycles. The molecule has 3 atom stereocenters. The summed E-state index contributed by atoms with van der Waals surface area (Å²) in [4.78, 5) is 16.8. The zero-order chi connectivity index (χ0) is 20.8. The van der Waals surface area contributed by atoms with E-state index in [4.69, 9.17) is 0 Å². The summed E-state index contributed by atoms with van der Waals surface area (Å²) in [7, 11) is 0. The van der Waals surface area contributed by atoms with Gasteiger partial charge in [-0.3, -0.25) is 4.79 Å². The van der Waals surface area contributed by atoms with E-state index in [1.807, 2.05) is 6.92 Å². The predicted octanol–water partition coefficient (Wildman–Crippen LogP) is 5.09. The van der Waals surface area contributed by atoms with Crippen molar-refractivity contribution in [2.24, 2.45) is 11.8 Å². The highest BCUT2D eigenvalue weighted by Crippen LogP contribution is 2.44. The molecule has 0 spiro atoms. The normalized spacial score (nSPS) is 24.9. The molecule has 1 saturated carbocycles. The first-order valence-corrected chi connectivity index (χ1v) is 9.54. The third-order valence-corrected chi connectivity index (χ3v) is 5.54. The van der Waals surface area contributed by atoms with Crippen molar-refractivity contribution in [3.05, 3.63) is 36.0 Å². The molecule has 3 unspecified atom stereocenters. The molecule has 1 aromatic carbocycles. The van der Waals surface area contributed by atoms with E-state index < -0.39 is 12.5 Å². The topological polar surface area (TPSA) is 60.5 Å². The third kappa shape index (κ3) is 4.02. The van der Waals surface area contributed by atoms with Gasteiger partial charge in [-0.05, 0) is 67.5 Å². The van der Waals surface area contributed by atoms with Gasteiger partial charge in [0, 0.05) is 17.7 Å². The number of aryl methyl sites for hydroxylation is 1. The van der Waals surface area contributed by atoms with Crippen LogP contribution in [0.2, 0.25) is 0 Å². The van der Waals surface area contributed by atoms with Gasteiger partial charge < -0.3 is 14.8 Å². The minimum absolute atomic E-state index is 0.0131. The summed E-state index contributed by atoms with van der Waals surface area (Å²) in [6, 6.07) is 6.32. The van der Waals surface area contributed by atoms with Crippen molar-refractivity contribution in [3.8, 4) is 22.6 Å². The van der Waals surface area contributed by atoms with Gasteiger partial charge in [0.05, 0.1) is 0 Å². The first-order chi connectivity index (χ1) is 13.7. The number of carbonyl (C=O) groups is 1. The van der Waals surface area contributed by atoms with Crippen LogP contribution in [-0.4, -0.2) is 23.4 Å². The van der Waals surface area contributed by atoms with Crippen LogP contribution in [0.3, 0.4) is 0 Å². The maximum Gasteiger partial charge on any atom is 0.586 e. The molecule has 2 aromatic rings. The number of carbonyl (C=O) groups excluding carboxylic acids is 1. The Morgan fingerprint density at radius 1 is 1.21 bits per heavy atom. The number of halogens is 3. The first-order valence-electron chi connectivity index (χ1n) is 9.54. The van der Waals surface area contributed by atoms with Crippen molar-refractivity contribution in [1.82, 2.24) is 4.98 Å². The molecule has 1 aliphatic heterocycles. The van der Waals surface area contributed by atoms with Crippen LogP contribution in [0.25, 0.3) is 11.1 Å². The molecule has 5 nitrogen and oxygen atoms in total. The molecule has 1 fully saturated rings. The van der Waals surface area contributed by atoms with Crippen LogP contribution in [-0.2, 0) is 4.79 Å². The molecule has 1 N–H and O–H groups in total. The lowest BCUT2D eigenvalue weighted by atomic mass is 9.79. The number of amides is 1. The van der Waals surface area contributed by atoms with Crippen molar-refractivity contribution in [2.75, 3.05) is 5.32 Å². The maximum atomic E-state index is 13.7. The molecule has 2 aliphatic rings. The second-order valence-corrected chi connectivity index (χ2v) is 7.70. The van der Waals surface area contributed by atoms with E-state index >= 15 is 0 Å². The van der Waals surface area contributed by atoms with Gasteiger partial charge in [0.25, 0.3) is 0 Å². The summed E-state index contributed by atoms with van der Waals surface area (Å²) in [6.45, 7) is 3.72. The highest BCUT2D eigenvalue weighted by Gasteiger charge is 2.43. The SMILES string of the molecule is Cc1cc2c(cc1-c1ccc(NC(=O)C3CC(F)CCC3C)nc1)OC(F)(F)O2. The summed E-state index contributed by atoms with van der Waals surface area (Å²) in [5.41, 5.74) is 2.06. The number of ether oxygens (including phenoxy) is 2. The van der Waals surface area contributed by atoms with Crippen molar-refractivity contribution in [2.45, 2.75) is 45.6 Å². The van der Waals surface area contributed by atoms with Crippen molar-refractivity contribution in [1.29, 1.82) is 0 Å². The average Bonchev–Trinajstić information content (AvgIpc) is 2.96. The Balaban J connectivity index is 1.50. The van der Waals surface area contributed by atoms with Crippen LogP contribution in [0.15, 0.2) is 30.5 Å². The number of anilines is 1. The maximum absolute atomic E-state index is 13.7. The van der Waals surface area contributed by atoms with E-state index in [9.17, 15) is 18.0 Å². The number of nitrogens with one attached hydrogen (secondary N) is 1. The molecule has 0 bridgehead atoms. The Kier molecular flexibility index (Phi) is 4.88. The number of fused-ring (bicyclic) bond motifs is 1. The molecule has 4 rings (SSSR count). The second kappa shape index (κ2) is 7.24. The minimum atomic E-state index is -3.67. The molecule has 0 radical (unpaired) electrons. The summed E-state index contributed by atoms with van der Waals surface area (Å²) < 4.78 is 49.2. The van der Waals surface area contributed by atoms with Gasteiger partial charge >= 0.3 is 6.29 Å². The molecule has 2 heterocycles. The van der Waals surface area contributed by atoms with E-state index in [-0.39, 0.29) is 35.7 Å². The lowest BCUT2D eigenvalue weighted by Crippen LogP contribution is -2.34. The van der Waals surface area contributed by atoms with Gasteiger partial charge in [0.1, 0.15) is 12.0 Å². The summed E-state index contributed by atoms with van der Waals surface area (Å²) in [6.07, 6.45) is -1.66. The number of benzene rings is 1. The second-order valence-electron chi connectivity index (χ2n) is 7.70. The number of alkyl halides is 3. The molecule has 0 saturated heterocycles. The number of rotatable bonds is 3. The highest BCUT2D eigenvalue weighted by molar-refractivity contribution is 5.92. The Morgan fingerprint density at radius 2 is 1.93 bits per heavy atom. The van der Waals surface area contributed by atoms with Crippen LogP contribution < -0.4 is 14.8 Å². The van der Waals surface area contributed by atoms with Crippen LogP contribution in [0.5, 0.6) is 11.5 Å². The van der Waals surface area contributed by atoms with Crippen molar-refractivity contribution < 1.29 is 27.4 Å². The van der Waals surface area contributed by atoms with Crippen LogP contribution >= 0.6 is 0 Å². The van der Waals surface area contributed by atoms with Crippen molar-refractivity contribution in [3.63, 3.8) is 0 Å². The van der Waals surface area contributed by atoms with E-state index in [0.29, 0.717) is 35.3 Å². The number of hydrogen-bond donors (Lipinski definition) is 1. The Hall–Kier alpha value is -2.77. The first kappa shape index (κ1) is 19.5. The monoisotopic (exact) mass is 406 g/mol. The molecule has 1 aliphatic carbocycles. The highest BCUT2D eigenvalue weighted by atomic mass is 19.3. The van der Waals surface area contributed by atoms with Crippen LogP contribution in [0.4, 0.5) is 19.0 Å². The molecule has 154 valence electrons. The van der Waals surface area contributed by atoms with Crippen LogP contribution in [0, 0.1) is 18.8 Å². The van der Waals surface area contributed by atoms with Gasteiger partial charge in [-0.1, -0.05) is 6.92 Å². The van der Waals surface area contributed by atoms with Crippen LogP contribution in [0.1, 0.15) is 31.7 Å². The fourth-order valence-electron chi connectivity index (χ4n) is 3.89. The predicted molar refractivity (Wildman–Crippen MR) is 101 cm³/mol. The molecular formula is C21H21F3N2O3. The van der Waals surface area contributed by atoms with Gasteiger partial charge in [-0.15, -0.1) is 8.78 Å². The Morgan fingerprint density at radius 3 is 2.62 bits per heavy atom. The van der Waals surface area contributed by atoms with E-state index in [2.05, 4.69) is 19.8 Å². The van der Waals surface area contributed by atoms with E-state index in [1.54, 1.807) is 25.3 Å². The fraction of sp³-hybridized carbons (Fsp3) is 0.429. The van der Waals surface area contributed by atoms with Gasteiger partial charge in [-0.2, -0.15) is 0 Å². The van der Waals surface area contributed by atoms with Gasteiger partial charge in [0.2, 0.25) is 5.91 Å². The number of aromatic nitrogens is 1. The van der Waals surface area contributed by atoms with Gasteiger partial charge in [-0.25, -0.2) is 9.37 Å². The molecule has 29 heavy (non-hydrogen) atoms. The largest absolute Gasteiger partial charge is 0.586 e. The third-order valence-electron chi connectivity index (χ3n) is 5.54. The molecular weight excluding hydrogens is 385 g/mol. The zero-order valence-corrected chi connectivity index (χ0v) is 16.0. The number of nitrogens with zero attached hydrogens (tertiary/aromatic N) is 1. The van der Waals surface area contributed by atoms with E-state index in [1.165, 1.54) is 12.1 Å². The fourth-order valence-corrected chi connectivity index (χ4v) is 3.89. The van der Waals surface area contributed by atoms with Gasteiger partial charge in [0.15, 0.2) is 11.5 Å². The summed E-state index contributed by atoms with van der Waals surface area (Å²) in [5, 5.41) is 2.75. The number of pyridine rings is 1. The lowest BCUT2D eigenvalue weighted by molar-refractivity contribution is -0.286. The summed E-state index contributed by atoms with van der Waals surface area (Å²) in [5.74, 6) is -0.187. The Bertz CT molecular complexity index is 934. The summed E-state index contributed by atoms with van der Waals surface area (Å²) >= 11 is 0.